The van der Waals surface area contributed by atoms with Gasteiger partial charge in [0.2, 0.25) is 0 Å². The van der Waals surface area contributed by atoms with Crippen LogP contribution in [0.1, 0.15) is 47.0 Å². The van der Waals surface area contributed by atoms with Crippen molar-refractivity contribution in [2.75, 3.05) is 0 Å². The maximum Gasteiger partial charge on any atom is 0.276 e. The topological polar surface area (TPSA) is 63.5 Å². The number of nitrogens with one attached hydrogen (secondary N) is 1. The number of hydrogen-bond acceptors (Lipinski definition) is 3. The summed E-state index contributed by atoms with van der Waals surface area (Å²) >= 11 is 0. The quantitative estimate of drug-likeness (QED) is 0.667. The number of nitrogens with zero attached hydrogens (tertiary/aromatic N) is 2. The number of rotatable bonds is 5. The van der Waals surface area contributed by atoms with E-state index in [2.05, 4.69) is 21.4 Å². The van der Waals surface area contributed by atoms with E-state index in [4.69, 9.17) is 0 Å². The van der Waals surface area contributed by atoms with Crippen LogP contribution in [-0.4, -0.2) is 19.2 Å². The molecule has 3 rings (SSSR count). The van der Waals surface area contributed by atoms with E-state index >= 15 is 0 Å². The predicted molar refractivity (Wildman–Crippen MR) is 96.0 cm³/mol. The van der Waals surface area contributed by atoms with Crippen LogP contribution in [0.15, 0.2) is 34.3 Å². The van der Waals surface area contributed by atoms with Crippen molar-refractivity contribution in [3.8, 4) is 0 Å². The lowest BCUT2D eigenvalue weighted by atomic mass is 10.2. The number of hydrazone groups is 1. The highest BCUT2D eigenvalue weighted by Gasteiger charge is 2.26. The van der Waals surface area contributed by atoms with E-state index in [1.807, 2.05) is 26.0 Å². The molecule has 0 bridgehead atoms. The Balaban J connectivity index is 1.81. The minimum Gasteiger partial charge on any atom is -0.345 e. The van der Waals surface area contributed by atoms with Crippen molar-refractivity contribution in [2.45, 2.75) is 51.5 Å². The lowest BCUT2D eigenvalue weighted by molar-refractivity contribution is 0.584. The van der Waals surface area contributed by atoms with E-state index in [1.54, 1.807) is 25.3 Å². The maximum absolute atomic E-state index is 12.4. The zero-order valence-corrected chi connectivity index (χ0v) is 15.3. The van der Waals surface area contributed by atoms with Crippen molar-refractivity contribution in [3.05, 3.63) is 52.3 Å². The van der Waals surface area contributed by atoms with Crippen LogP contribution < -0.4 is 4.83 Å². The van der Waals surface area contributed by atoms with E-state index in [9.17, 15) is 8.42 Å². The summed E-state index contributed by atoms with van der Waals surface area (Å²) in [5.74, 6) is 0. The molecule has 1 aromatic carbocycles. The molecule has 6 heteroatoms. The number of aromatic nitrogens is 1. The maximum atomic E-state index is 12.4. The Hall–Kier alpha value is -2.08. The summed E-state index contributed by atoms with van der Waals surface area (Å²) in [5.41, 5.74) is 4.87. The average Bonchev–Trinajstić information content (AvgIpc) is 3.29. The zero-order valence-electron chi connectivity index (χ0n) is 14.5. The summed E-state index contributed by atoms with van der Waals surface area (Å²) < 4.78 is 27.2. The molecule has 0 aliphatic heterocycles. The van der Waals surface area contributed by atoms with Crippen LogP contribution in [0.4, 0.5) is 0 Å². The van der Waals surface area contributed by atoms with Crippen LogP contribution in [0.3, 0.4) is 0 Å². The van der Waals surface area contributed by atoms with E-state index < -0.39 is 10.0 Å². The van der Waals surface area contributed by atoms with Gasteiger partial charge in [0.25, 0.3) is 10.0 Å². The van der Waals surface area contributed by atoms with Gasteiger partial charge in [-0.25, -0.2) is 4.83 Å². The van der Waals surface area contributed by atoms with Gasteiger partial charge in [0, 0.05) is 23.0 Å². The van der Waals surface area contributed by atoms with Gasteiger partial charge in [-0.3, -0.25) is 0 Å². The zero-order chi connectivity index (χ0) is 17.5. The Bertz CT molecular complexity index is 907. The summed E-state index contributed by atoms with van der Waals surface area (Å²) in [6.07, 6.45) is 4.02. The molecule has 5 nitrogen and oxygen atoms in total. The van der Waals surface area contributed by atoms with Gasteiger partial charge in [0.15, 0.2) is 0 Å². The van der Waals surface area contributed by atoms with Crippen molar-refractivity contribution in [2.24, 2.45) is 5.10 Å². The second-order valence-electron chi connectivity index (χ2n) is 6.55. The van der Waals surface area contributed by atoms with Crippen LogP contribution in [0.25, 0.3) is 0 Å². The van der Waals surface area contributed by atoms with Gasteiger partial charge in [0.05, 0.1) is 11.1 Å². The van der Waals surface area contributed by atoms with E-state index in [0.717, 1.165) is 16.8 Å². The Kier molecular flexibility index (Phi) is 4.25. The van der Waals surface area contributed by atoms with Crippen molar-refractivity contribution in [1.82, 2.24) is 9.40 Å². The summed E-state index contributed by atoms with van der Waals surface area (Å²) in [5, 5.41) is 3.98. The molecule has 1 aliphatic carbocycles. The SMILES string of the molecule is Cc1ccc(C)c(S(=O)(=O)N/N=C/c2cc(C)n(C3CC3)c2C)c1. The Labute approximate surface area is 143 Å². The van der Waals surface area contributed by atoms with Gasteiger partial charge in [-0.05, 0) is 63.8 Å². The van der Waals surface area contributed by atoms with E-state index in [-0.39, 0.29) is 4.90 Å². The predicted octanol–water partition coefficient (Wildman–Crippen LogP) is 3.37. The first-order valence-corrected chi connectivity index (χ1v) is 9.58. The van der Waals surface area contributed by atoms with Crippen LogP contribution in [-0.2, 0) is 10.0 Å². The van der Waals surface area contributed by atoms with Crippen molar-refractivity contribution >= 4 is 16.2 Å². The molecular weight excluding hydrogens is 322 g/mol. The molecule has 0 saturated heterocycles. The molecule has 0 unspecified atom stereocenters. The molecule has 1 N–H and O–H groups in total. The third kappa shape index (κ3) is 3.24. The first kappa shape index (κ1) is 16.8. The molecule has 1 heterocycles. The molecule has 1 saturated carbocycles. The van der Waals surface area contributed by atoms with E-state index in [1.165, 1.54) is 18.5 Å². The Morgan fingerprint density at radius 3 is 2.54 bits per heavy atom. The smallest absolute Gasteiger partial charge is 0.276 e. The van der Waals surface area contributed by atoms with Crippen LogP contribution >= 0.6 is 0 Å². The summed E-state index contributed by atoms with van der Waals surface area (Å²) in [7, 11) is -3.66. The van der Waals surface area contributed by atoms with Gasteiger partial charge in [-0.1, -0.05) is 12.1 Å². The third-order valence-electron chi connectivity index (χ3n) is 4.45. The third-order valence-corrected chi connectivity index (χ3v) is 5.81. The monoisotopic (exact) mass is 345 g/mol. The van der Waals surface area contributed by atoms with Crippen LogP contribution in [0.5, 0.6) is 0 Å². The van der Waals surface area contributed by atoms with Crippen molar-refractivity contribution in [1.29, 1.82) is 0 Å². The molecule has 2 aromatic rings. The molecule has 1 fully saturated rings. The molecular formula is C18H23N3O2S. The normalized spacial score (nSPS) is 15.2. The molecule has 1 aliphatic rings. The molecule has 24 heavy (non-hydrogen) atoms. The minimum absolute atomic E-state index is 0.267. The van der Waals surface area contributed by atoms with Gasteiger partial charge < -0.3 is 4.57 Å². The molecule has 1 aromatic heterocycles. The van der Waals surface area contributed by atoms with Crippen LogP contribution in [0, 0.1) is 27.7 Å². The largest absolute Gasteiger partial charge is 0.345 e. The summed E-state index contributed by atoms with van der Waals surface area (Å²) in [6, 6.07) is 8.00. The fourth-order valence-electron chi connectivity index (χ4n) is 3.04. The molecule has 0 atom stereocenters. The minimum atomic E-state index is -3.66. The van der Waals surface area contributed by atoms with E-state index in [0.29, 0.717) is 11.6 Å². The standard InChI is InChI=1S/C18H23N3O2S/c1-12-5-6-13(2)18(9-12)24(22,23)20-19-11-16-10-14(3)21(15(16)4)17-7-8-17/h5-6,9-11,17,20H,7-8H2,1-4H3/b19-11+. The van der Waals surface area contributed by atoms with Gasteiger partial charge in [-0.15, -0.1) is 0 Å². The summed E-state index contributed by atoms with van der Waals surface area (Å²) in [6.45, 7) is 7.77. The van der Waals surface area contributed by atoms with Gasteiger partial charge in [-0.2, -0.15) is 13.5 Å². The van der Waals surface area contributed by atoms with Gasteiger partial charge >= 0.3 is 0 Å². The number of hydrogen-bond donors (Lipinski definition) is 1. The summed E-state index contributed by atoms with van der Waals surface area (Å²) in [4.78, 5) is 2.59. The fraction of sp³-hybridized carbons (Fsp3) is 0.389. The Morgan fingerprint density at radius 1 is 1.17 bits per heavy atom. The highest BCUT2D eigenvalue weighted by Crippen LogP contribution is 2.38. The average molecular weight is 345 g/mol. The molecule has 0 spiro atoms. The highest BCUT2D eigenvalue weighted by molar-refractivity contribution is 7.89. The lowest BCUT2D eigenvalue weighted by Gasteiger charge is -2.08. The van der Waals surface area contributed by atoms with Crippen LogP contribution in [0.2, 0.25) is 0 Å². The molecule has 128 valence electrons. The Morgan fingerprint density at radius 2 is 1.88 bits per heavy atom. The second-order valence-corrected chi connectivity index (χ2v) is 8.18. The molecule has 0 amide bonds. The highest BCUT2D eigenvalue weighted by atomic mass is 32.2. The second kappa shape index (κ2) is 6.09. The number of benzene rings is 1. The number of sulfonamides is 1. The fourth-order valence-corrected chi connectivity index (χ4v) is 4.16. The van der Waals surface area contributed by atoms with Crippen molar-refractivity contribution in [3.63, 3.8) is 0 Å². The first-order chi connectivity index (χ1) is 11.3. The van der Waals surface area contributed by atoms with Gasteiger partial charge in [0.1, 0.15) is 0 Å². The number of aryl methyl sites for hydroxylation is 3. The first-order valence-electron chi connectivity index (χ1n) is 8.10. The molecule has 0 radical (unpaired) electrons. The lowest BCUT2D eigenvalue weighted by Crippen LogP contribution is -2.19. The van der Waals surface area contributed by atoms with Crippen molar-refractivity contribution < 1.29 is 8.42 Å².